The van der Waals surface area contributed by atoms with Crippen LogP contribution in [0.5, 0.6) is 0 Å². The molecular formula is C15H19N3OS. The Hall–Kier alpha value is -1.62. The predicted molar refractivity (Wildman–Crippen MR) is 82.7 cm³/mol. The molecule has 2 heterocycles. The number of nitrogens with zero attached hydrogens (tertiary/aromatic N) is 2. The van der Waals surface area contributed by atoms with Crippen molar-refractivity contribution in [3.8, 4) is 0 Å². The molecule has 1 fully saturated rings. The second kappa shape index (κ2) is 5.40. The van der Waals surface area contributed by atoms with Gasteiger partial charge in [-0.2, -0.15) is 0 Å². The normalized spacial score (nSPS) is 16.8. The van der Waals surface area contributed by atoms with Crippen molar-refractivity contribution < 1.29 is 4.79 Å². The van der Waals surface area contributed by atoms with Gasteiger partial charge >= 0.3 is 0 Å². The van der Waals surface area contributed by atoms with E-state index in [2.05, 4.69) is 11.9 Å². The highest BCUT2D eigenvalue weighted by Gasteiger charge is 2.20. The summed E-state index contributed by atoms with van der Waals surface area (Å²) >= 11 is 1.47. The molecular weight excluding hydrogens is 270 g/mol. The van der Waals surface area contributed by atoms with Gasteiger partial charge in [0.25, 0.3) is 0 Å². The number of piperidine rings is 1. The van der Waals surface area contributed by atoms with Crippen molar-refractivity contribution in [2.45, 2.75) is 26.2 Å². The lowest BCUT2D eigenvalue weighted by atomic mass is 9.98. The molecule has 2 aromatic rings. The molecule has 1 aliphatic heterocycles. The molecule has 0 aliphatic carbocycles. The van der Waals surface area contributed by atoms with Gasteiger partial charge < -0.3 is 10.6 Å². The molecule has 0 spiro atoms. The summed E-state index contributed by atoms with van der Waals surface area (Å²) in [5, 5.41) is 0.577. The number of likely N-dealkylation sites (tertiary alicyclic amines) is 1. The summed E-state index contributed by atoms with van der Waals surface area (Å²) in [5.74, 6) is 0.976. The standard InChI is InChI=1S/C15H19N3OS/c1-10-4-6-18(7-5-10)14(19)9-11-2-3-12-13(8-11)20-15(16)17-12/h2-3,8,10H,4-7,9H2,1H3,(H2,16,17). The number of hydrogen-bond donors (Lipinski definition) is 1. The Bertz CT molecular complexity index is 629. The van der Waals surface area contributed by atoms with Crippen LogP contribution in [0, 0.1) is 5.92 Å². The van der Waals surface area contributed by atoms with Gasteiger partial charge in [-0.3, -0.25) is 4.79 Å². The molecule has 106 valence electrons. The first-order chi connectivity index (χ1) is 9.61. The van der Waals surface area contributed by atoms with Gasteiger partial charge in [-0.15, -0.1) is 0 Å². The lowest BCUT2D eigenvalue weighted by Crippen LogP contribution is -2.38. The fourth-order valence-electron chi connectivity index (χ4n) is 2.64. The van der Waals surface area contributed by atoms with E-state index < -0.39 is 0 Å². The number of anilines is 1. The van der Waals surface area contributed by atoms with Crippen LogP contribution >= 0.6 is 11.3 Å². The van der Waals surface area contributed by atoms with Gasteiger partial charge in [-0.1, -0.05) is 24.3 Å². The number of nitrogen functional groups attached to an aromatic ring is 1. The van der Waals surface area contributed by atoms with E-state index in [1.165, 1.54) is 11.3 Å². The number of rotatable bonds is 2. The number of benzene rings is 1. The highest BCUT2D eigenvalue weighted by molar-refractivity contribution is 7.22. The lowest BCUT2D eigenvalue weighted by Gasteiger charge is -2.30. The molecule has 0 saturated carbocycles. The minimum Gasteiger partial charge on any atom is -0.375 e. The van der Waals surface area contributed by atoms with Crippen LogP contribution in [-0.2, 0) is 11.2 Å². The third-order valence-electron chi connectivity index (χ3n) is 3.96. The summed E-state index contributed by atoms with van der Waals surface area (Å²) in [4.78, 5) is 18.5. The first-order valence-corrected chi connectivity index (χ1v) is 7.86. The summed E-state index contributed by atoms with van der Waals surface area (Å²) in [6, 6.07) is 5.96. The van der Waals surface area contributed by atoms with Gasteiger partial charge in [0.2, 0.25) is 5.91 Å². The predicted octanol–water partition coefficient (Wildman–Crippen LogP) is 2.68. The maximum Gasteiger partial charge on any atom is 0.226 e. The fraction of sp³-hybridized carbons (Fsp3) is 0.467. The third kappa shape index (κ3) is 2.77. The quantitative estimate of drug-likeness (QED) is 0.924. The Balaban J connectivity index is 1.70. The van der Waals surface area contributed by atoms with Crippen LogP contribution in [0.15, 0.2) is 18.2 Å². The number of thiazole rings is 1. The van der Waals surface area contributed by atoms with E-state index in [0.29, 0.717) is 11.6 Å². The maximum absolute atomic E-state index is 12.3. The average Bonchev–Trinajstić information content (AvgIpc) is 2.78. The molecule has 4 nitrogen and oxygen atoms in total. The van der Waals surface area contributed by atoms with Crippen LogP contribution in [0.2, 0.25) is 0 Å². The minimum atomic E-state index is 0.230. The van der Waals surface area contributed by atoms with Gasteiger partial charge in [-0.05, 0) is 36.5 Å². The minimum absolute atomic E-state index is 0.230. The SMILES string of the molecule is CC1CCN(C(=O)Cc2ccc3nc(N)sc3c2)CC1. The third-order valence-corrected chi connectivity index (χ3v) is 4.81. The van der Waals surface area contributed by atoms with Crippen LogP contribution in [0.4, 0.5) is 5.13 Å². The van der Waals surface area contributed by atoms with Crippen molar-refractivity contribution >= 4 is 32.6 Å². The van der Waals surface area contributed by atoms with Gasteiger partial charge in [0, 0.05) is 13.1 Å². The van der Waals surface area contributed by atoms with E-state index in [4.69, 9.17) is 5.73 Å². The first-order valence-electron chi connectivity index (χ1n) is 7.04. The van der Waals surface area contributed by atoms with E-state index in [9.17, 15) is 4.79 Å². The largest absolute Gasteiger partial charge is 0.375 e. The maximum atomic E-state index is 12.3. The highest BCUT2D eigenvalue weighted by atomic mass is 32.1. The Morgan fingerprint density at radius 3 is 2.95 bits per heavy atom. The van der Waals surface area contributed by atoms with E-state index in [1.54, 1.807) is 0 Å². The molecule has 2 N–H and O–H groups in total. The van der Waals surface area contributed by atoms with Crippen molar-refractivity contribution in [3.63, 3.8) is 0 Å². The van der Waals surface area contributed by atoms with Crippen molar-refractivity contribution in [2.24, 2.45) is 5.92 Å². The van der Waals surface area contributed by atoms with E-state index in [-0.39, 0.29) is 5.91 Å². The summed E-state index contributed by atoms with van der Waals surface area (Å²) in [5.41, 5.74) is 7.66. The highest BCUT2D eigenvalue weighted by Crippen LogP contribution is 2.25. The molecule has 5 heteroatoms. The average molecular weight is 289 g/mol. The molecule has 1 aliphatic rings. The molecule has 0 bridgehead atoms. The Morgan fingerprint density at radius 2 is 2.20 bits per heavy atom. The number of nitrogens with two attached hydrogens (primary N) is 1. The molecule has 0 unspecified atom stereocenters. The van der Waals surface area contributed by atoms with Crippen LogP contribution in [0.1, 0.15) is 25.3 Å². The first kappa shape index (κ1) is 13.4. The number of amides is 1. The van der Waals surface area contributed by atoms with E-state index >= 15 is 0 Å². The van der Waals surface area contributed by atoms with E-state index in [0.717, 1.165) is 47.6 Å². The van der Waals surface area contributed by atoms with Gasteiger partial charge in [0.1, 0.15) is 0 Å². The topological polar surface area (TPSA) is 59.2 Å². The number of hydrogen-bond acceptors (Lipinski definition) is 4. The monoisotopic (exact) mass is 289 g/mol. The van der Waals surface area contributed by atoms with Crippen molar-refractivity contribution in [1.29, 1.82) is 0 Å². The second-order valence-corrected chi connectivity index (χ2v) is 6.66. The Morgan fingerprint density at radius 1 is 1.45 bits per heavy atom. The number of fused-ring (bicyclic) bond motifs is 1. The van der Waals surface area contributed by atoms with Crippen LogP contribution in [0.3, 0.4) is 0 Å². The van der Waals surface area contributed by atoms with Crippen LogP contribution < -0.4 is 5.73 Å². The van der Waals surface area contributed by atoms with Gasteiger partial charge in [0.05, 0.1) is 16.6 Å². The summed E-state index contributed by atoms with van der Waals surface area (Å²) < 4.78 is 1.06. The number of carbonyl (C=O) groups is 1. The molecule has 1 aromatic carbocycles. The van der Waals surface area contributed by atoms with Crippen LogP contribution in [-0.4, -0.2) is 28.9 Å². The Labute approximate surface area is 122 Å². The molecule has 1 amide bonds. The molecule has 1 saturated heterocycles. The van der Waals surface area contributed by atoms with Gasteiger partial charge in [0.15, 0.2) is 5.13 Å². The fourth-order valence-corrected chi connectivity index (χ4v) is 3.44. The number of carbonyl (C=O) groups excluding carboxylic acids is 1. The van der Waals surface area contributed by atoms with Crippen LogP contribution in [0.25, 0.3) is 10.2 Å². The van der Waals surface area contributed by atoms with Gasteiger partial charge in [-0.25, -0.2) is 4.98 Å². The van der Waals surface area contributed by atoms with Crippen molar-refractivity contribution in [2.75, 3.05) is 18.8 Å². The molecule has 0 atom stereocenters. The smallest absolute Gasteiger partial charge is 0.226 e. The molecule has 20 heavy (non-hydrogen) atoms. The summed E-state index contributed by atoms with van der Waals surface area (Å²) in [6.07, 6.45) is 2.72. The zero-order valence-corrected chi connectivity index (χ0v) is 12.4. The van der Waals surface area contributed by atoms with E-state index in [1.807, 2.05) is 23.1 Å². The Kier molecular flexibility index (Phi) is 3.61. The summed E-state index contributed by atoms with van der Waals surface area (Å²) in [6.45, 7) is 4.05. The molecule has 3 rings (SSSR count). The zero-order valence-electron chi connectivity index (χ0n) is 11.6. The van der Waals surface area contributed by atoms with Crippen molar-refractivity contribution in [1.82, 2.24) is 9.88 Å². The molecule has 1 aromatic heterocycles. The summed E-state index contributed by atoms with van der Waals surface area (Å²) in [7, 11) is 0. The lowest BCUT2D eigenvalue weighted by molar-refractivity contribution is -0.131. The zero-order chi connectivity index (χ0) is 14.1. The molecule has 0 radical (unpaired) electrons. The number of aromatic nitrogens is 1. The second-order valence-electron chi connectivity index (χ2n) is 5.59. The van der Waals surface area contributed by atoms with Crippen molar-refractivity contribution in [3.05, 3.63) is 23.8 Å².